The molecule has 1 aromatic rings. The van der Waals surface area contributed by atoms with Crippen molar-refractivity contribution in [1.82, 2.24) is 0 Å². The predicted octanol–water partition coefficient (Wildman–Crippen LogP) is 2.67. The first kappa shape index (κ1) is 10.6. The van der Waals surface area contributed by atoms with E-state index in [-0.39, 0.29) is 6.09 Å². The lowest BCUT2D eigenvalue weighted by molar-refractivity contribution is 0.181. The number of ether oxygens (including phenoxy) is 1. The van der Waals surface area contributed by atoms with E-state index in [0.29, 0.717) is 13.2 Å². The van der Waals surface area contributed by atoms with E-state index in [1.807, 2.05) is 44.2 Å². The number of benzene rings is 1. The van der Waals surface area contributed by atoms with Gasteiger partial charge >= 0.3 is 6.09 Å². The number of carbonyl (C=O) groups excluding carboxylic acids is 1. The number of cyclic esters (lactones) is 1. The highest BCUT2D eigenvalue weighted by Crippen LogP contribution is 2.16. The van der Waals surface area contributed by atoms with Crippen LogP contribution in [0.5, 0.6) is 0 Å². The summed E-state index contributed by atoms with van der Waals surface area (Å²) in [5.74, 6) is 0. The lowest BCUT2D eigenvalue weighted by Crippen LogP contribution is -2.22. The Morgan fingerprint density at radius 1 is 1.21 bits per heavy atom. The van der Waals surface area contributed by atoms with E-state index in [4.69, 9.17) is 4.74 Å². The summed E-state index contributed by atoms with van der Waals surface area (Å²) in [5.41, 5.74) is 0.903. The molecule has 1 aromatic carbocycles. The van der Waals surface area contributed by atoms with E-state index >= 15 is 0 Å². The topological polar surface area (TPSA) is 29.5 Å². The lowest BCUT2D eigenvalue weighted by Gasteiger charge is -2.11. The van der Waals surface area contributed by atoms with Gasteiger partial charge in [-0.2, -0.15) is 0 Å². The highest BCUT2D eigenvalue weighted by molar-refractivity contribution is 5.89. The number of amides is 1. The normalized spacial score (nSPS) is 14.4. The first-order chi connectivity index (χ1) is 6.88. The zero-order valence-corrected chi connectivity index (χ0v) is 8.56. The van der Waals surface area contributed by atoms with Crippen LogP contribution in [0.1, 0.15) is 13.8 Å². The van der Waals surface area contributed by atoms with Crippen LogP contribution < -0.4 is 4.90 Å². The van der Waals surface area contributed by atoms with Gasteiger partial charge in [0.15, 0.2) is 0 Å². The van der Waals surface area contributed by atoms with Gasteiger partial charge in [-0.15, -0.1) is 0 Å². The predicted molar refractivity (Wildman–Crippen MR) is 56.5 cm³/mol. The average Bonchev–Trinajstić information content (AvgIpc) is 2.69. The van der Waals surface area contributed by atoms with Crippen molar-refractivity contribution >= 4 is 11.8 Å². The Labute approximate surface area is 84.3 Å². The van der Waals surface area contributed by atoms with E-state index in [9.17, 15) is 4.79 Å². The fourth-order valence-electron chi connectivity index (χ4n) is 1.24. The molecular weight excluding hydrogens is 178 g/mol. The Balaban J connectivity index is 0.000000461. The summed E-state index contributed by atoms with van der Waals surface area (Å²) < 4.78 is 4.81. The Hall–Kier alpha value is -1.51. The van der Waals surface area contributed by atoms with Crippen LogP contribution in [0.25, 0.3) is 0 Å². The quantitative estimate of drug-likeness (QED) is 0.686. The number of rotatable bonds is 1. The van der Waals surface area contributed by atoms with Crippen molar-refractivity contribution in [3.05, 3.63) is 30.3 Å². The number of hydrogen-bond donors (Lipinski definition) is 0. The minimum atomic E-state index is -0.249. The first-order valence-electron chi connectivity index (χ1n) is 4.87. The standard InChI is InChI=1S/C9H9NO2.C2H6/c11-9-10(6-7-12-9)8-4-2-1-3-5-8;1-2/h1-5H,6-7H2;1-2H3. The highest BCUT2D eigenvalue weighted by atomic mass is 16.6. The molecule has 76 valence electrons. The van der Waals surface area contributed by atoms with Crippen molar-refractivity contribution in [1.29, 1.82) is 0 Å². The average molecular weight is 193 g/mol. The summed E-state index contributed by atoms with van der Waals surface area (Å²) in [6, 6.07) is 9.52. The summed E-state index contributed by atoms with van der Waals surface area (Å²) in [7, 11) is 0. The van der Waals surface area contributed by atoms with Crippen LogP contribution >= 0.6 is 0 Å². The minimum absolute atomic E-state index is 0.249. The summed E-state index contributed by atoms with van der Waals surface area (Å²) >= 11 is 0. The van der Waals surface area contributed by atoms with Crippen molar-refractivity contribution in [2.45, 2.75) is 13.8 Å². The van der Waals surface area contributed by atoms with Gasteiger partial charge in [-0.3, -0.25) is 4.90 Å². The zero-order valence-electron chi connectivity index (χ0n) is 8.56. The van der Waals surface area contributed by atoms with Gasteiger partial charge in [0, 0.05) is 5.69 Å². The van der Waals surface area contributed by atoms with Gasteiger partial charge in [0.2, 0.25) is 0 Å². The molecule has 0 atom stereocenters. The van der Waals surface area contributed by atoms with Crippen LogP contribution in [0, 0.1) is 0 Å². The van der Waals surface area contributed by atoms with Crippen LogP contribution in [-0.2, 0) is 4.74 Å². The first-order valence-corrected chi connectivity index (χ1v) is 4.87. The molecular formula is C11H15NO2. The summed E-state index contributed by atoms with van der Waals surface area (Å²) in [5, 5.41) is 0. The third-order valence-corrected chi connectivity index (χ3v) is 1.83. The maximum atomic E-state index is 11.1. The van der Waals surface area contributed by atoms with Crippen molar-refractivity contribution in [2.75, 3.05) is 18.1 Å². The summed E-state index contributed by atoms with van der Waals surface area (Å²) in [4.78, 5) is 12.7. The maximum Gasteiger partial charge on any atom is 0.414 e. The largest absolute Gasteiger partial charge is 0.447 e. The van der Waals surface area contributed by atoms with Crippen LogP contribution in [0.2, 0.25) is 0 Å². The molecule has 3 nitrogen and oxygen atoms in total. The Kier molecular flexibility index (Phi) is 3.98. The number of nitrogens with zero attached hydrogens (tertiary/aromatic N) is 1. The van der Waals surface area contributed by atoms with Gasteiger partial charge in [0.25, 0.3) is 0 Å². The molecule has 2 rings (SSSR count). The van der Waals surface area contributed by atoms with E-state index in [0.717, 1.165) is 5.69 Å². The second-order valence-corrected chi connectivity index (χ2v) is 2.60. The highest BCUT2D eigenvalue weighted by Gasteiger charge is 2.22. The Morgan fingerprint density at radius 3 is 2.36 bits per heavy atom. The monoisotopic (exact) mass is 193 g/mol. The van der Waals surface area contributed by atoms with Gasteiger partial charge in [0.05, 0.1) is 6.54 Å². The molecule has 0 aliphatic carbocycles. The molecule has 0 spiro atoms. The molecule has 1 amide bonds. The zero-order chi connectivity index (χ0) is 10.4. The van der Waals surface area contributed by atoms with Gasteiger partial charge in [-0.05, 0) is 12.1 Å². The number of para-hydroxylation sites is 1. The molecule has 0 N–H and O–H groups in total. The third-order valence-electron chi connectivity index (χ3n) is 1.83. The smallest absolute Gasteiger partial charge is 0.414 e. The molecule has 1 aliphatic rings. The van der Waals surface area contributed by atoms with Crippen molar-refractivity contribution in [3.63, 3.8) is 0 Å². The fourth-order valence-corrected chi connectivity index (χ4v) is 1.24. The van der Waals surface area contributed by atoms with Gasteiger partial charge in [-0.25, -0.2) is 4.79 Å². The lowest BCUT2D eigenvalue weighted by atomic mass is 10.3. The Bertz CT molecular complexity index is 285. The van der Waals surface area contributed by atoms with Crippen molar-refractivity contribution in [2.24, 2.45) is 0 Å². The van der Waals surface area contributed by atoms with E-state index in [1.54, 1.807) is 4.90 Å². The number of carbonyl (C=O) groups is 1. The van der Waals surface area contributed by atoms with Gasteiger partial charge < -0.3 is 4.74 Å². The Morgan fingerprint density at radius 2 is 1.86 bits per heavy atom. The molecule has 3 heteroatoms. The molecule has 0 bridgehead atoms. The van der Waals surface area contributed by atoms with Gasteiger partial charge in [-0.1, -0.05) is 32.0 Å². The third kappa shape index (κ3) is 2.25. The molecule has 0 unspecified atom stereocenters. The SMILES string of the molecule is CC.O=C1OCCN1c1ccccc1. The van der Waals surface area contributed by atoms with Crippen LogP contribution in [0.4, 0.5) is 10.5 Å². The van der Waals surface area contributed by atoms with Crippen molar-refractivity contribution < 1.29 is 9.53 Å². The summed E-state index contributed by atoms with van der Waals surface area (Å²) in [6.07, 6.45) is -0.249. The molecule has 0 radical (unpaired) electrons. The maximum absolute atomic E-state index is 11.1. The molecule has 1 aliphatic heterocycles. The van der Waals surface area contributed by atoms with Crippen LogP contribution in [0.15, 0.2) is 30.3 Å². The molecule has 1 saturated heterocycles. The van der Waals surface area contributed by atoms with E-state index in [1.165, 1.54) is 0 Å². The second kappa shape index (κ2) is 5.27. The second-order valence-electron chi connectivity index (χ2n) is 2.60. The van der Waals surface area contributed by atoms with Crippen LogP contribution in [-0.4, -0.2) is 19.2 Å². The number of hydrogen-bond acceptors (Lipinski definition) is 2. The van der Waals surface area contributed by atoms with Crippen molar-refractivity contribution in [3.8, 4) is 0 Å². The molecule has 1 heterocycles. The molecule has 14 heavy (non-hydrogen) atoms. The molecule has 1 fully saturated rings. The molecule has 0 aromatic heterocycles. The fraction of sp³-hybridized carbons (Fsp3) is 0.364. The van der Waals surface area contributed by atoms with E-state index in [2.05, 4.69) is 0 Å². The van der Waals surface area contributed by atoms with E-state index < -0.39 is 0 Å². The van der Waals surface area contributed by atoms with Crippen LogP contribution in [0.3, 0.4) is 0 Å². The number of anilines is 1. The summed E-state index contributed by atoms with van der Waals surface area (Å²) in [6.45, 7) is 5.15. The minimum Gasteiger partial charge on any atom is -0.447 e. The van der Waals surface area contributed by atoms with Gasteiger partial charge in [0.1, 0.15) is 6.61 Å². The molecule has 0 saturated carbocycles.